The van der Waals surface area contributed by atoms with Crippen molar-refractivity contribution in [2.75, 3.05) is 26.2 Å². The highest BCUT2D eigenvalue weighted by Gasteiger charge is 2.03. The zero-order valence-electron chi connectivity index (χ0n) is 11.8. The van der Waals surface area contributed by atoms with E-state index in [0.29, 0.717) is 26.2 Å². The van der Waals surface area contributed by atoms with Crippen LogP contribution in [-0.2, 0) is 9.59 Å². The van der Waals surface area contributed by atoms with Crippen molar-refractivity contribution in [3.63, 3.8) is 0 Å². The molecule has 0 rings (SSSR count). The first-order valence-electron chi connectivity index (χ1n) is 6.42. The molecule has 0 fully saturated rings. The number of carbonyl (C=O) groups is 2. The third-order valence-electron chi connectivity index (χ3n) is 2.11. The Kier molecular flexibility index (Phi) is 9.22. The second-order valence-corrected chi connectivity index (χ2v) is 4.77. The van der Waals surface area contributed by atoms with Gasteiger partial charge in [0, 0.05) is 25.2 Å². The molecule has 0 heterocycles. The van der Waals surface area contributed by atoms with Gasteiger partial charge in [-0.3, -0.25) is 9.59 Å². The van der Waals surface area contributed by atoms with E-state index < -0.39 is 0 Å². The molecule has 0 aromatic heterocycles. The second kappa shape index (κ2) is 9.85. The van der Waals surface area contributed by atoms with Crippen molar-refractivity contribution in [3.8, 4) is 0 Å². The Morgan fingerprint density at radius 3 is 1.39 bits per heavy atom. The summed E-state index contributed by atoms with van der Waals surface area (Å²) in [6.45, 7) is 9.44. The minimum absolute atomic E-state index is 0.0572. The van der Waals surface area contributed by atoms with Crippen LogP contribution in [0, 0.1) is 0 Å². The van der Waals surface area contributed by atoms with Crippen LogP contribution in [0.1, 0.15) is 27.7 Å². The van der Waals surface area contributed by atoms with Crippen molar-refractivity contribution < 1.29 is 9.59 Å². The van der Waals surface area contributed by atoms with Crippen LogP contribution in [0.2, 0.25) is 0 Å². The van der Waals surface area contributed by atoms with Crippen molar-refractivity contribution in [1.82, 2.24) is 21.3 Å². The lowest BCUT2D eigenvalue weighted by atomic mass is 10.4. The predicted molar refractivity (Wildman–Crippen MR) is 72.3 cm³/mol. The molecule has 18 heavy (non-hydrogen) atoms. The monoisotopic (exact) mass is 258 g/mol. The number of amides is 2. The highest BCUT2D eigenvalue weighted by atomic mass is 16.2. The van der Waals surface area contributed by atoms with E-state index in [1.54, 1.807) is 0 Å². The molecule has 0 unspecified atom stereocenters. The average molecular weight is 258 g/mol. The maximum Gasteiger partial charge on any atom is 0.234 e. The Balaban J connectivity index is 3.44. The summed E-state index contributed by atoms with van der Waals surface area (Å²) in [6.07, 6.45) is 0. The van der Waals surface area contributed by atoms with Crippen LogP contribution in [0.4, 0.5) is 0 Å². The fraction of sp³-hybridized carbons (Fsp3) is 0.833. The summed E-state index contributed by atoms with van der Waals surface area (Å²) >= 11 is 0. The van der Waals surface area contributed by atoms with Crippen LogP contribution >= 0.6 is 0 Å². The van der Waals surface area contributed by atoms with Gasteiger partial charge in [-0.15, -0.1) is 0 Å². The summed E-state index contributed by atoms with van der Waals surface area (Å²) in [6, 6.07) is 0.579. The Labute approximate surface area is 109 Å². The molecule has 106 valence electrons. The number of rotatable bonds is 9. The molecule has 0 aliphatic carbocycles. The minimum Gasteiger partial charge on any atom is -0.353 e. The average Bonchev–Trinajstić information content (AvgIpc) is 2.29. The minimum atomic E-state index is -0.0572. The van der Waals surface area contributed by atoms with Crippen LogP contribution < -0.4 is 21.3 Å². The molecule has 4 N–H and O–H groups in total. The van der Waals surface area contributed by atoms with E-state index in [4.69, 9.17) is 0 Å². The molecule has 0 atom stereocenters. The van der Waals surface area contributed by atoms with Gasteiger partial charge >= 0.3 is 0 Å². The molecule has 6 heteroatoms. The maximum atomic E-state index is 11.3. The van der Waals surface area contributed by atoms with E-state index in [-0.39, 0.29) is 23.9 Å². The lowest BCUT2D eigenvalue weighted by Gasteiger charge is -2.10. The molecule has 0 bridgehead atoms. The van der Waals surface area contributed by atoms with Crippen LogP contribution in [0.5, 0.6) is 0 Å². The molecular weight excluding hydrogens is 232 g/mol. The third-order valence-corrected chi connectivity index (χ3v) is 2.11. The number of hydrogen-bond donors (Lipinski definition) is 4. The van der Waals surface area contributed by atoms with E-state index in [1.165, 1.54) is 0 Å². The Morgan fingerprint density at radius 2 is 1.11 bits per heavy atom. The fourth-order valence-electron chi connectivity index (χ4n) is 1.12. The highest BCUT2D eigenvalue weighted by molar-refractivity contribution is 5.79. The van der Waals surface area contributed by atoms with Gasteiger partial charge in [-0.1, -0.05) is 27.7 Å². The Bertz CT molecular complexity index is 228. The van der Waals surface area contributed by atoms with E-state index in [0.717, 1.165) is 0 Å². The quantitative estimate of drug-likeness (QED) is 0.409. The van der Waals surface area contributed by atoms with Gasteiger partial charge in [0.2, 0.25) is 11.8 Å². The smallest absolute Gasteiger partial charge is 0.234 e. The molecular formula is C12H26N4O2. The Morgan fingerprint density at radius 1 is 0.778 bits per heavy atom. The standard InChI is InChI=1S/C12H26N4O2/c1-9(2)15-7-11(17)13-5-6-14-12(18)8-16-10(3)4/h9-10,15-16H,5-8H2,1-4H3,(H,13,17)(H,14,18). The van der Waals surface area contributed by atoms with Crippen molar-refractivity contribution in [2.24, 2.45) is 0 Å². The van der Waals surface area contributed by atoms with Gasteiger partial charge in [0.25, 0.3) is 0 Å². The van der Waals surface area contributed by atoms with E-state index in [1.807, 2.05) is 27.7 Å². The lowest BCUT2D eigenvalue weighted by molar-refractivity contribution is -0.122. The van der Waals surface area contributed by atoms with E-state index in [2.05, 4.69) is 21.3 Å². The summed E-state index contributed by atoms with van der Waals surface area (Å²) in [4.78, 5) is 22.6. The summed E-state index contributed by atoms with van der Waals surface area (Å²) in [7, 11) is 0. The Hall–Kier alpha value is -1.14. The van der Waals surface area contributed by atoms with E-state index in [9.17, 15) is 9.59 Å². The zero-order valence-corrected chi connectivity index (χ0v) is 11.8. The van der Waals surface area contributed by atoms with Crippen molar-refractivity contribution in [3.05, 3.63) is 0 Å². The highest BCUT2D eigenvalue weighted by Crippen LogP contribution is 1.76. The largest absolute Gasteiger partial charge is 0.353 e. The molecule has 6 nitrogen and oxygen atoms in total. The lowest BCUT2D eigenvalue weighted by Crippen LogP contribution is -2.42. The molecule has 0 aliphatic rings. The number of carbonyl (C=O) groups excluding carboxylic acids is 2. The van der Waals surface area contributed by atoms with Gasteiger partial charge in [0.1, 0.15) is 0 Å². The molecule has 0 aliphatic heterocycles. The summed E-state index contributed by atoms with van der Waals surface area (Å²) in [5.74, 6) is -0.114. The summed E-state index contributed by atoms with van der Waals surface area (Å²) in [5, 5.41) is 11.5. The van der Waals surface area contributed by atoms with Gasteiger partial charge < -0.3 is 21.3 Å². The SMILES string of the molecule is CC(C)NCC(=O)NCCNC(=O)CNC(C)C. The molecule has 0 saturated carbocycles. The van der Waals surface area contributed by atoms with Gasteiger partial charge in [0.15, 0.2) is 0 Å². The maximum absolute atomic E-state index is 11.3. The third kappa shape index (κ3) is 11.3. The van der Waals surface area contributed by atoms with Crippen LogP contribution in [0.15, 0.2) is 0 Å². The molecule has 2 amide bonds. The van der Waals surface area contributed by atoms with Crippen molar-refractivity contribution in [1.29, 1.82) is 0 Å². The van der Waals surface area contributed by atoms with Crippen molar-refractivity contribution >= 4 is 11.8 Å². The molecule has 0 aromatic rings. The van der Waals surface area contributed by atoms with Gasteiger partial charge in [0.05, 0.1) is 13.1 Å². The van der Waals surface area contributed by atoms with E-state index >= 15 is 0 Å². The van der Waals surface area contributed by atoms with Crippen molar-refractivity contribution in [2.45, 2.75) is 39.8 Å². The molecule has 0 radical (unpaired) electrons. The second-order valence-electron chi connectivity index (χ2n) is 4.77. The van der Waals surface area contributed by atoms with Crippen LogP contribution in [-0.4, -0.2) is 50.1 Å². The topological polar surface area (TPSA) is 82.3 Å². The van der Waals surface area contributed by atoms with Crippen LogP contribution in [0.3, 0.4) is 0 Å². The predicted octanol–water partition coefficient (Wildman–Crippen LogP) is -0.785. The first-order valence-corrected chi connectivity index (χ1v) is 6.42. The number of hydrogen-bond acceptors (Lipinski definition) is 4. The molecule has 0 spiro atoms. The van der Waals surface area contributed by atoms with Gasteiger partial charge in [-0.25, -0.2) is 0 Å². The summed E-state index contributed by atoms with van der Waals surface area (Å²) < 4.78 is 0. The molecule has 0 saturated heterocycles. The van der Waals surface area contributed by atoms with Gasteiger partial charge in [-0.05, 0) is 0 Å². The number of nitrogens with one attached hydrogen (secondary N) is 4. The van der Waals surface area contributed by atoms with Gasteiger partial charge in [-0.2, -0.15) is 0 Å². The zero-order chi connectivity index (χ0) is 14.0. The van der Waals surface area contributed by atoms with Crippen LogP contribution in [0.25, 0.3) is 0 Å². The summed E-state index contributed by atoms with van der Waals surface area (Å²) in [5.41, 5.74) is 0. The first kappa shape index (κ1) is 16.9. The normalized spacial score (nSPS) is 10.8. The first-order chi connectivity index (χ1) is 8.41. The molecule has 0 aromatic carbocycles. The fourth-order valence-corrected chi connectivity index (χ4v) is 1.12.